The van der Waals surface area contributed by atoms with Gasteiger partial charge in [-0.05, 0) is 12.1 Å². The maximum absolute atomic E-state index is 14.0. The van der Waals surface area contributed by atoms with E-state index in [9.17, 15) is 8.78 Å². The molecule has 8 heteroatoms. The number of nitrogens with one attached hydrogen (secondary N) is 1. The van der Waals surface area contributed by atoms with Gasteiger partial charge >= 0.3 is 0 Å². The van der Waals surface area contributed by atoms with Gasteiger partial charge in [0.15, 0.2) is 0 Å². The Kier molecular flexibility index (Phi) is 9.11. The van der Waals surface area contributed by atoms with Crippen molar-refractivity contribution in [3.05, 3.63) is 34.4 Å². The molecule has 1 aromatic rings. The van der Waals surface area contributed by atoms with Crippen LogP contribution in [0, 0.1) is 23.0 Å². The second-order valence-electron chi connectivity index (χ2n) is 4.45. The molecule has 1 N–H and O–H groups in total. The van der Waals surface area contributed by atoms with Gasteiger partial charge < -0.3 is 5.32 Å². The van der Waals surface area contributed by atoms with E-state index < -0.39 is 17.7 Å². The molecule has 0 bridgehead atoms. The fourth-order valence-corrected chi connectivity index (χ4v) is 2.56. The summed E-state index contributed by atoms with van der Waals surface area (Å²) in [6, 6.07) is 3.62. The van der Waals surface area contributed by atoms with Gasteiger partial charge in [0, 0.05) is 36.8 Å². The third-order valence-electron chi connectivity index (χ3n) is 3.25. The van der Waals surface area contributed by atoms with Crippen molar-refractivity contribution in [2.45, 2.75) is 12.5 Å². The largest absolute Gasteiger partial charge is 0.314 e. The van der Waals surface area contributed by atoms with Crippen molar-refractivity contribution in [1.82, 2.24) is 10.2 Å². The number of nitriles is 1. The zero-order valence-corrected chi connectivity index (χ0v) is 13.5. The van der Waals surface area contributed by atoms with Crippen LogP contribution in [-0.2, 0) is 0 Å². The highest BCUT2D eigenvalue weighted by Gasteiger charge is 2.27. The van der Waals surface area contributed by atoms with Crippen LogP contribution in [0.4, 0.5) is 8.78 Å². The quantitative estimate of drug-likeness (QED) is 0.901. The van der Waals surface area contributed by atoms with E-state index in [1.165, 1.54) is 0 Å². The smallest absolute Gasteiger partial charge is 0.132 e. The molecule has 1 heterocycles. The molecule has 0 aromatic heterocycles. The second-order valence-corrected chi connectivity index (χ2v) is 4.88. The Balaban J connectivity index is 0.00000200. The lowest BCUT2D eigenvalue weighted by molar-refractivity contribution is 0.169. The van der Waals surface area contributed by atoms with Crippen LogP contribution in [0.25, 0.3) is 0 Å². The molecule has 0 radical (unpaired) electrons. The first kappa shape index (κ1) is 20.4. The summed E-state index contributed by atoms with van der Waals surface area (Å²) < 4.78 is 27.9. The highest BCUT2D eigenvalue weighted by atomic mass is 35.5. The van der Waals surface area contributed by atoms with Crippen LogP contribution in [0.2, 0.25) is 5.02 Å². The van der Waals surface area contributed by atoms with Crippen molar-refractivity contribution in [3.8, 4) is 6.07 Å². The summed E-state index contributed by atoms with van der Waals surface area (Å²) in [4.78, 5) is 1.93. The zero-order valence-electron chi connectivity index (χ0n) is 11.1. The summed E-state index contributed by atoms with van der Waals surface area (Å²) >= 11 is 5.62. The number of halogens is 5. The minimum absolute atomic E-state index is 0. The molecular weight excluding hydrogens is 343 g/mol. The molecule has 1 aromatic carbocycles. The predicted molar refractivity (Wildman–Crippen MR) is 83.3 cm³/mol. The molecule has 0 spiro atoms. The third-order valence-corrected chi connectivity index (χ3v) is 3.47. The zero-order chi connectivity index (χ0) is 13.8. The van der Waals surface area contributed by atoms with Gasteiger partial charge in [0.2, 0.25) is 0 Å². The molecule has 0 aliphatic carbocycles. The highest BCUT2D eigenvalue weighted by Crippen LogP contribution is 2.30. The molecule has 1 aliphatic rings. The van der Waals surface area contributed by atoms with Crippen LogP contribution >= 0.6 is 36.4 Å². The molecule has 0 saturated carbocycles. The molecule has 1 atom stereocenters. The number of benzene rings is 1. The molecule has 0 amide bonds. The van der Waals surface area contributed by atoms with Gasteiger partial charge in [-0.25, -0.2) is 8.78 Å². The van der Waals surface area contributed by atoms with Crippen LogP contribution in [-0.4, -0.2) is 31.1 Å². The van der Waals surface area contributed by atoms with E-state index in [0.717, 1.165) is 25.2 Å². The van der Waals surface area contributed by atoms with Crippen LogP contribution in [0.5, 0.6) is 0 Å². The van der Waals surface area contributed by atoms with E-state index in [4.69, 9.17) is 16.9 Å². The first-order valence-corrected chi connectivity index (χ1v) is 6.47. The summed E-state index contributed by atoms with van der Waals surface area (Å²) in [5.41, 5.74) is -0.0622. The van der Waals surface area contributed by atoms with Crippen molar-refractivity contribution in [2.24, 2.45) is 0 Å². The lowest BCUT2D eigenvalue weighted by Crippen LogP contribution is -2.45. The Labute approximate surface area is 140 Å². The van der Waals surface area contributed by atoms with Gasteiger partial charge in [0.25, 0.3) is 0 Å². The maximum atomic E-state index is 14.0. The van der Waals surface area contributed by atoms with Crippen molar-refractivity contribution < 1.29 is 8.78 Å². The number of rotatable bonds is 3. The molecule has 1 fully saturated rings. The van der Waals surface area contributed by atoms with Crippen LogP contribution in [0.15, 0.2) is 12.1 Å². The van der Waals surface area contributed by atoms with Crippen molar-refractivity contribution in [2.75, 3.05) is 26.2 Å². The molecular formula is C13H16Cl3F2N3. The Hall–Kier alpha value is -0.640. The lowest BCUT2D eigenvalue weighted by atomic mass is 10.0. The first-order chi connectivity index (χ1) is 9.13. The van der Waals surface area contributed by atoms with E-state index in [1.54, 1.807) is 0 Å². The van der Waals surface area contributed by atoms with Crippen LogP contribution in [0.3, 0.4) is 0 Å². The van der Waals surface area contributed by atoms with Crippen LogP contribution < -0.4 is 5.32 Å². The first-order valence-electron chi connectivity index (χ1n) is 6.09. The summed E-state index contributed by atoms with van der Waals surface area (Å²) in [5, 5.41) is 12.1. The molecule has 118 valence electrons. The fraction of sp³-hybridized carbons (Fsp3) is 0.462. The third kappa shape index (κ3) is 4.94. The summed E-state index contributed by atoms with van der Waals surface area (Å²) in [6.45, 7) is 2.82. The van der Waals surface area contributed by atoms with Crippen molar-refractivity contribution >= 4 is 36.4 Å². The van der Waals surface area contributed by atoms with Gasteiger partial charge in [-0.2, -0.15) is 5.26 Å². The normalized spacial score (nSPS) is 16.3. The van der Waals surface area contributed by atoms with E-state index in [2.05, 4.69) is 5.32 Å². The van der Waals surface area contributed by atoms with Crippen molar-refractivity contribution in [3.63, 3.8) is 0 Å². The van der Waals surface area contributed by atoms with E-state index in [1.807, 2.05) is 11.0 Å². The van der Waals surface area contributed by atoms with Gasteiger partial charge in [-0.3, -0.25) is 4.90 Å². The topological polar surface area (TPSA) is 39.1 Å². The number of nitrogens with zero attached hydrogens (tertiary/aromatic N) is 2. The molecule has 1 aliphatic heterocycles. The average Bonchev–Trinajstić information content (AvgIpc) is 2.37. The average molecular weight is 359 g/mol. The van der Waals surface area contributed by atoms with Crippen molar-refractivity contribution in [1.29, 1.82) is 5.26 Å². The van der Waals surface area contributed by atoms with E-state index in [0.29, 0.717) is 13.1 Å². The van der Waals surface area contributed by atoms with Gasteiger partial charge in [-0.1, -0.05) is 11.6 Å². The molecule has 3 nitrogen and oxygen atoms in total. The minimum atomic E-state index is -0.691. The summed E-state index contributed by atoms with van der Waals surface area (Å²) in [6.07, 6.45) is 0.0511. The minimum Gasteiger partial charge on any atom is -0.314 e. The van der Waals surface area contributed by atoms with E-state index >= 15 is 0 Å². The van der Waals surface area contributed by atoms with Crippen LogP contribution in [0.1, 0.15) is 18.0 Å². The SMILES string of the molecule is Cl.Cl.N#CC[C@@H](c1c(F)cc(Cl)cc1F)N1CCNCC1. The maximum Gasteiger partial charge on any atom is 0.132 e. The van der Waals surface area contributed by atoms with Gasteiger partial charge in [0.05, 0.1) is 18.5 Å². The Morgan fingerprint density at radius 2 is 1.76 bits per heavy atom. The van der Waals surface area contributed by atoms with Gasteiger partial charge in [0.1, 0.15) is 11.6 Å². The monoisotopic (exact) mass is 357 g/mol. The molecule has 1 saturated heterocycles. The molecule has 0 unspecified atom stereocenters. The highest BCUT2D eigenvalue weighted by molar-refractivity contribution is 6.30. The Bertz CT molecular complexity index is 479. The molecule has 2 rings (SSSR count). The second kappa shape index (κ2) is 9.39. The Morgan fingerprint density at radius 3 is 2.24 bits per heavy atom. The van der Waals surface area contributed by atoms with E-state index in [-0.39, 0.29) is 41.8 Å². The molecule has 21 heavy (non-hydrogen) atoms. The number of hydrogen-bond acceptors (Lipinski definition) is 3. The van der Waals surface area contributed by atoms with Gasteiger partial charge in [-0.15, -0.1) is 24.8 Å². The predicted octanol–water partition coefficient (Wildman–Crippen LogP) is 3.32. The summed E-state index contributed by atoms with van der Waals surface area (Å²) in [7, 11) is 0. The standard InChI is InChI=1S/C13H14ClF2N3.2ClH/c14-9-7-10(15)13(11(16)8-9)12(1-2-17)19-5-3-18-4-6-19;;/h7-8,12,18H,1,3-6H2;2*1H/t12-;;/m0../s1. The Morgan fingerprint density at radius 1 is 1.24 bits per heavy atom. The fourth-order valence-electron chi connectivity index (χ4n) is 2.37. The summed E-state index contributed by atoms with van der Waals surface area (Å²) in [5.74, 6) is -1.38. The number of hydrogen-bond donors (Lipinski definition) is 1. The lowest BCUT2D eigenvalue weighted by Gasteiger charge is -2.34. The number of piperazine rings is 1.